The molecule has 1 aliphatic heterocycles. The van der Waals surface area contributed by atoms with Gasteiger partial charge < -0.3 is 19.0 Å². The predicted molar refractivity (Wildman–Crippen MR) is 120 cm³/mol. The highest BCUT2D eigenvalue weighted by Crippen LogP contribution is 2.30. The molecule has 1 atom stereocenters. The van der Waals surface area contributed by atoms with Crippen LogP contribution in [0.25, 0.3) is 11.0 Å². The van der Waals surface area contributed by atoms with E-state index in [9.17, 15) is 14.7 Å². The molecule has 2 heterocycles. The number of aromatic hydroxyl groups is 1. The minimum atomic E-state index is -0.417. The molecule has 1 fully saturated rings. The maximum absolute atomic E-state index is 13.0. The highest BCUT2D eigenvalue weighted by atomic mass is 16.5. The Morgan fingerprint density at radius 1 is 1.22 bits per heavy atom. The van der Waals surface area contributed by atoms with Gasteiger partial charge in [0.05, 0.1) is 23.1 Å². The fourth-order valence-corrected chi connectivity index (χ4v) is 4.11. The molecular formula is C25H27NO6. The topological polar surface area (TPSA) is 89.2 Å². The molecule has 1 N–H and O–H groups in total. The first-order valence-electron chi connectivity index (χ1n) is 10.9. The molecule has 1 aliphatic rings. The smallest absolute Gasteiger partial charge is 0.338 e. The van der Waals surface area contributed by atoms with Gasteiger partial charge in [0.1, 0.15) is 23.3 Å². The largest absolute Gasteiger partial charge is 0.507 e. The first kappa shape index (κ1) is 21.9. The molecule has 3 aromatic rings. The minimum Gasteiger partial charge on any atom is -0.507 e. The molecule has 0 radical (unpaired) electrons. The minimum absolute atomic E-state index is 0.0321. The summed E-state index contributed by atoms with van der Waals surface area (Å²) in [5, 5.41) is 10.8. The molecular weight excluding hydrogens is 410 g/mol. The van der Waals surface area contributed by atoms with E-state index in [1.54, 1.807) is 37.3 Å². The highest BCUT2D eigenvalue weighted by molar-refractivity contribution is 5.89. The summed E-state index contributed by atoms with van der Waals surface area (Å²) in [6.07, 6.45) is 3.59. The maximum atomic E-state index is 13.0. The lowest BCUT2D eigenvalue weighted by atomic mass is 9.99. The molecule has 7 heteroatoms. The number of fused-ring (bicyclic) bond motifs is 1. The quantitative estimate of drug-likeness (QED) is 0.559. The van der Waals surface area contributed by atoms with Crippen molar-refractivity contribution in [3.05, 3.63) is 64.0 Å². The lowest BCUT2D eigenvalue weighted by Gasteiger charge is -2.31. The van der Waals surface area contributed by atoms with Crippen LogP contribution >= 0.6 is 0 Å². The van der Waals surface area contributed by atoms with Gasteiger partial charge >= 0.3 is 5.97 Å². The number of esters is 1. The summed E-state index contributed by atoms with van der Waals surface area (Å²) < 4.78 is 16.5. The number of carbonyl (C=O) groups is 1. The van der Waals surface area contributed by atoms with Crippen LogP contribution < -0.4 is 10.2 Å². The predicted octanol–water partition coefficient (Wildman–Crippen LogP) is 4.70. The van der Waals surface area contributed by atoms with Crippen LogP contribution in [0.2, 0.25) is 0 Å². The molecule has 32 heavy (non-hydrogen) atoms. The highest BCUT2D eigenvalue weighted by Gasteiger charge is 2.21. The van der Waals surface area contributed by atoms with Crippen molar-refractivity contribution in [1.29, 1.82) is 0 Å². The normalized spacial score (nSPS) is 16.8. The van der Waals surface area contributed by atoms with Crippen LogP contribution in [-0.2, 0) is 11.3 Å². The molecule has 0 spiro atoms. The van der Waals surface area contributed by atoms with Gasteiger partial charge in [0.2, 0.25) is 11.2 Å². The van der Waals surface area contributed by atoms with E-state index in [2.05, 4.69) is 11.8 Å². The summed E-state index contributed by atoms with van der Waals surface area (Å²) in [5.41, 5.74) is 1.06. The summed E-state index contributed by atoms with van der Waals surface area (Å²) >= 11 is 0. The molecule has 0 saturated carbocycles. The number of carbonyl (C=O) groups excluding carboxylic acids is 1. The third-order valence-electron chi connectivity index (χ3n) is 5.70. The lowest BCUT2D eigenvalue weighted by Crippen LogP contribution is -2.33. The average molecular weight is 437 g/mol. The van der Waals surface area contributed by atoms with Crippen LogP contribution in [0.1, 0.15) is 42.6 Å². The molecule has 0 unspecified atom stereocenters. The molecule has 4 rings (SSSR count). The summed E-state index contributed by atoms with van der Waals surface area (Å²) in [7, 11) is 0. The molecule has 7 nitrogen and oxygen atoms in total. The van der Waals surface area contributed by atoms with Gasteiger partial charge in [0.15, 0.2) is 0 Å². The average Bonchev–Trinajstić information content (AvgIpc) is 2.78. The maximum Gasteiger partial charge on any atom is 0.338 e. The van der Waals surface area contributed by atoms with Crippen molar-refractivity contribution in [3.8, 4) is 17.2 Å². The van der Waals surface area contributed by atoms with Crippen LogP contribution in [0, 0.1) is 5.92 Å². The Labute approximate surface area is 186 Å². The number of benzene rings is 2. The van der Waals surface area contributed by atoms with Crippen molar-refractivity contribution in [2.24, 2.45) is 5.92 Å². The Morgan fingerprint density at radius 3 is 2.72 bits per heavy atom. The van der Waals surface area contributed by atoms with E-state index in [0.29, 0.717) is 46.9 Å². The Hall–Kier alpha value is -3.32. The summed E-state index contributed by atoms with van der Waals surface area (Å²) in [6.45, 7) is 6.68. The second-order valence-corrected chi connectivity index (χ2v) is 8.20. The van der Waals surface area contributed by atoms with Crippen molar-refractivity contribution < 1.29 is 23.8 Å². The third kappa shape index (κ3) is 4.62. The fraction of sp³-hybridized carbons (Fsp3) is 0.360. The van der Waals surface area contributed by atoms with Gasteiger partial charge in [-0.1, -0.05) is 6.92 Å². The van der Waals surface area contributed by atoms with Crippen molar-refractivity contribution in [1.82, 2.24) is 4.90 Å². The monoisotopic (exact) mass is 437 g/mol. The summed E-state index contributed by atoms with van der Waals surface area (Å²) in [6, 6.07) is 9.41. The summed E-state index contributed by atoms with van der Waals surface area (Å²) in [4.78, 5) is 27.1. The van der Waals surface area contributed by atoms with E-state index in [1.165, 1.54) is 18.8 Å². The number of hydrogen-bond donors (Lipinski definition) is 1. The second kappa shape index (κ2) is 9.44. The van der Waals surface area contributed by atoms with E-state index in [1.807, 2.05) is 0 Å². The molecule has 0 aliphatic carbocycles. The molecule has 1 aromatic heterocycles. The number of rotatable bonds is 6. The van der Waals surface area contributed by atoms with Crippen LogP contribution in [0.5, 0.6) is 17.2 Å². The van der Waals surface area contributed by atoms with Gasteiger partial charge in [-0.15, -0.1) is 0 Å². The number of phenolic OH excluding ortho intramolecular Hbond substituents is 1. The first-order chi connectivity index (χ1) is 15.5. The van der Waals surface area contributed by atoms with Crippen molar-refractivity contribution in [2.45, 2.75) is 33.2 Å². The van der Waals surface area contributed by atoms with E-state index < -0.39 is 5.97 Å². The zero-order valence-corrected chi connectivity index (χ0v) is 18.3. The second-order valence-electron chi connectivity index (χ2n) is 8.20. The first-order valence-corrected chi connectivity index (χ1v) is 10.9. The molecule has 0 bridgehead atoms. The summed E-state index contributed by atoms with van der Waals surface area (Å²) in [5.74, 6) is 0.723. The van der Waals surface area contributed by atoms with Gasteiger partial charge in [-0.25, -0.2) is 4.79 Å². The molecule has 2 aromatic carbocycles. The van der Waals surface area contributed by atoms with Crippen LogP contribution in [-0.4, -0.2) is 35.7 Å². The Bertz CT molecular complexity index is 1170. The molecule has 0 amide bonds. The van der Waals surface area contributed by atoms with Crippen LogP contribution in [0.3, 0.4) is 0 Å². The van der Waals surface area contributed by atoms with Crippen molar-refractivity contribution >= 4 is 16.9 Å². The lowest BCUT2D eigenvalue weighted by molar-refractivity contribution is 0.0526. The SMILES string of the molecule is CCOC(=O)c1ccc(Oc2coc3c(CN4CCC[C@@H](C)C4)c(O)ccc3c2=O)cc1. The van der Waals surface area contributed by atoms with E-state index in [-0.39, 0.29) is 16.9 Å². The molecule has 168 valence electrons. The number of ether oxygens (including phenoxy) is 2. The number of hydrogen-bond acceptors (Lipinski definition) is 7. The van der Waals surface area contributed by atoms with Crippen LogP contribution in [0.4, 0.5) is 0 Å². The van der Waals surface area contributed by atoms with Gasteiger partial charge in [-0.2, -0.15) is 0 Å². The standard InChI is InChI=1S/C25H27NO6/c1-3-30-25(29)17-6-8-18(9-7-17)32-22-15-31-24-19(23(22)28)10-11-21(27)20(24)14-26-12-4-5-16(2)13-26/h6-11,15-16,27H,3-5,12-14H2,1-2H3/t16-/m1/s1. The van der Waals surface area contributed by atoms with E-state index in [0.717, 1.165) is 19.5 Å². The zero-order chi connectivity index (χ0) is 22.7. The van der Waals surface area contributed by atoms with Crippen molar-refractivity contribution in [3.63, 3.8) is 0 Å². The number of nitrogens with zero attached hydrogens (tertiary/aromatic N) is 1. The zero-order valence-electron chi connectivity index (χ0n) is 18.3. The third-order valence-corrected chi connectivity index (χ3v) is 5.70. The van der Waals surface area contributed by atoms with Gasteiger partial charge in [-0.05, 0) is 68.6 Å². The Kier molecular flexibility index (Phi) is 6.46. The van der Waals surface area contributed by atoms with Gasteiger partial charge in [0, 0.05) is 13.1 Å². The number of piperidine rings is 1. The Morgan fingerprint density at radius 2 is 2.00 bits per heavy atom. The fourth-order valence-electron chi connectivity index (χ4n) is 4.11. The van der Waals surface area contributed by atoms with E-state index in [4.69, 9.17) is 13.9 Å². The number of likely N-dealkylation sites (tertiary alicyclic amines) is 1. The van der Waals surface area contributed by atoms with Crippen molar-refractivity contribution in [2.75, 3.05) is 19.7 Å². The number of phenols is 1. The van der Waals surface area contributed by atoms with Gasteiger partial charge in [-0.3, -0.25) is 9.69 Å². The molecule has 1 saturated heterocycles. The van der Waals surface area contributed by atoms with E-state index >= 15 is 0 Å². The Balaban J connectivity index is 1.59. The van der Waals surface area contributed by atoms with Crippen LogP contribution in [0.15, 0.2) is 51.9 Å². The van der Waals surface area contributed by atoms with Gasteiger partial charge in [0.25, 0.3) is 0 Å².